The number of terminal acetylenes is 1. The van der Waals surface area contributed by atoms with E-state index in [-0.39, 0.29) is 12.4 Å². The van der Waals surface area contributed by atoms with Crippen molar-refractivity contribution < 1.29 is 19.1 Å². The lowest BCUT2D eigenvalue weighted by atomic mass is 9.96. The van der Waals surface area contributed by atoms with Gasteiger partial charge in [0.25, 0.3) is 0 Å². The third-order valence-electron chi connectivity index (χ3n) is 2.95. The Morgan fingerprint density at radius 2 is 2.11 bits per heavy atom. The Kier molecular flexibility index (Phi) is 7.59. The number of carbonyl (C=O) groups excluding carboxylic acids is 2. The Balaban J connectivity index is 4.34. The second-order valence-electron chi connectivity index (χ2n) is 4.48. The summed E-state index contributed by atoms with van der Waals surface area (Å²) in [7, 11) is 0. The Bertz CT molecular complexity index is 367. The molecule has 4 heteroatoms. The van der Waals surface area contributed by atoms with Crippen LogP contribution in [0.5, 0.6) is 0 Å². The van der Waals surface area contributed by atoms with Crippen LogP contribution in [0, 0.1) is 12.3 Å². The van der Waals surface area contributed by atoms with Gasteiger partial charge in [-0.05, 0) is 26.2 Å². The second kappa shape index (κ2) is 8.36. The molecule has 0 heterocycles. The van der Waals surface area contributed by atoms with Crippen molar-refractivity contribution in [3.63, 3.8) is 0 Å². The topological polar surface area (TPSA) is 52.6 Å². The average molecular weight is 266 g/mol. The van der Waals surface area contributed by atoms with E-state index in [9.17, 15) is 9.59 Å². The summed E-state index contributed by atoms with van der Waals surface area (Å²) in [5.74, 6) is 1.52. The zero-order chi connectivity index (χ0) is 14.9. The van der Waals surface area contributed by atoms with Gasteiger partial charge in [0.1, 0.15) is 5.60 Å². The Hall–Kier alpha value is -1.76. The maximum Gasteiger partial charge on any atom is 0.330 e. The molecule has 0 saturated heterocycles. The van der Waals surface area contributed by atoms with Crippen LogP contribution >= 0.6 is 0 Å². The van der Waals surface area contributed by atoms with Crippen molar-refractivity contribution in [2.75, 3.05) is 0 Å². The monoisotopic (exact) mass is 266 g/mol. The first-order valence-corrected chi connectivity index (χ1v) is 6.41. The highest BCUT2D eigenvalue weighted by Crippen LogP contribution is 2.22. The smallest absolute Gasteiger partial charge is 0.330 e. The van der Waals surface area contributed by atoms with E-state index in [4.69, 9.17) is 15.9 Å². The van der Waals surface area contributed by atoms with E-state index in [0.717, 1.165) is 6.08 Å². The fraction of sp³-hybridized carbons (Fsp3) is 0.600. The maximum absolute atomic E-state index is 11.6. The molecule has 2 unspecified atom stereocenters. The lowest BCUT2D eigenvalue weighted by Gasteiger charge is -2.27. The summed E-state index contributed by atoms with van der Waals surface area (Å²) in [6.07, 6.45) is 7.57. The van der Waals surface area contributed by atoms with Gasteiger partial charge in [-0.1, -0.05) is 26.3 Å². The summed E-state index contributed by atoms with van der Waals surface area (Å²) < 4.78 is 10.3. The first-order chi connectivity index (χ1) is 8.90. The summed E-state index contributed by atoms with van der Waals surface area (Å²) in [5, 5.41) is 0. The molecule has 106 valence electrons. The van der Waals surface area contributed by atoms with E-state index in [0.29, 0.717) is 19.3 Å². The molecule has 0 aromatic carbocycles. The maximum atomic E-state index is 11.6. The van der Waals surface area contributed by atoms with Crippen molar-refractivity contribution in [1.29, 1.82) is 0 Å². The van der Waals surface area contributed by atoms with Crippen LogP contribution < -0.4 is 0 Å². The summed E-state index contributed by atoms with van der Waals surface area (Å²) >= 11 is 0. The molecule has 0 N–H and O–H groups in total. The third kappa shape index (κ3) is 6.66. The molecule has 0 aliphatic rings. The lowest BCUT2D eigenvalue weighted by molar-refractivity contribution is -0.157. The summed E-state index contributed by atoms with van der Waals surface area (Å²) in [4.78, 5) is 22.8. The fourth-order valence-corrected chi connectivity index (χ4v) is 1.40. The molecule has 0 aliphatic carbocycles. The summed E-state index contributed by atoms with van der Waals surface area (Å²) in [6, 6.07) is 0. The Labute approximate surface area is 115 Å². The van der Waals surface area contributed by atoms with E-state index in [1.807, 2.05) is 13.8 Å². The molecule has 0 rings (SSSR count). The van der Waals surface area contributed by atoms with Crippen LogP contribution in [0.1, 0.15) is 46.5 Å². The van der Waals surface area contributed by atoms with E-state index >= 15 is 0 Å². The zero-order valence-electron chi connectivity index (χ0n) is 11.9. The first kappa shape index (κ1) is 17.2. The molecule has 0 aromatic heterocycles. The van der Waals surface area contributed by atoms with Gasteiger partial charge in [-0.25, -0.2) is 4.79 Å². The molecule has 0 fully saturated rings. The molecule has 0 aromatic rings. The Morgan fingerprint density at radius 1 is 1.47 bits per heavy atom. The Morgan fingerprint density at radius 3 is 2.53 bits per heavy atom. The van der Waals surface area contributed by atoms with Crippen LogP contribution in [0.15, 0.2) is 12.7 Å². The number of rotatable bonds is 8. The first-order valence-electron chi connectivity index (χ1n) is 6.41. The summed E-state index contributed by atoms with van der Waals surface area (Å²) in [5.41, 5.74) is -0.692. The number of ether oxygens (including phenoxy) is 2. The van der Waals surface area contributed by atoms with Gasteiger partial charge in [-0.2, -0.15) is 0 Å². The van der Waals surface area contributed by atoms with Crippen molar-refractivity contribution in [2.24, 2.45) is 0 Å². The van der Waals surface area contributed by atoms with Gasteiger partial charge in [0.05, 0.1) is 0 Å². The molecule has 4 nitrogen and oxygen atoms in total. The van der Waals surface area contributed by atoms with E-state index in [1.165, 1.54) is 0 Å². The van der Waals surface area contributed by atoms with E-state index in [2.05, 4.69) is 12.5 Å². The molecular weight excluding hydrogens is 244 g/mol. The molecule has 0 radical (unpaired) electrons. The van der Waals surface area contributed by atoms with Crippen LogP contribution in [0.4, 0.5) is 0 Å². The van der Waals surface area contributed by atoms with Crippen LogP contribution in [-0.4, -0.2) is 23.6 Å². The van der Waals surface area contributed by atoms with Crippen molar-refractivity contribution in [2.45, 2.75) is 58.2 Å². The van der Waals surface area contributed by atoms with Crippen LogP contribution in [0.3, 0.4) is 0 Å². The third-order valence-corrected chi connectivity index (χ3v) is 2.95. The van der Waals surface area contributed by atoms with Gasteiger partial charge in [-0.15, -0.1) is 6.42 Å². The van der Waals surface area contributed by atoms with E-state index in [1.54, 1.807) is 6.92 Å². The molecule has 2 atom stereocenters. The number of esters is 2. The standard InChI is InChI=1S/C15H22O4/c1-6-12(7-2)18-14(17)10-11-15(5,9-4)19-13(16)8-3/h1,8,12H,3,7,9-11H2,2,4-5H3. The highest BCUT2D eigenvalue weighted by atomic mass is 16.6. The quantitative estimate of drug-likeness (QED) is 0.385. The fourth-order valence-electron chi connectivity index (χ4n) is 1.40. The lowest BCUT2D eigenvalue weighted by Crippen LogP contribution is -2.31. The molecule has 0 aliphatic heterocycles. The zero-order valence-corrected chi connectivity index (χ0v) is 11.9. The highest BCUT2D eigenvalue weighted by molar-refractivity contribution is 5.81. The van der Waals surface area contributed by atoms with Gasteiger partial charge in [0.15, 0.2) is 6.10 Å². The molecule has 0 bridgehead atoms. The predicted octanol–water partition coefficient (Wildman–Crippen LogP) is 2.62. The van der Waals surface area contributed by atoms with Crippen molar-refractivity contribution in [1.82, 2.24) is 0 Å². The number of carbonyl (C=O) groups is 2. The molecule has 0 spiro atoms. The molecule has 19 heavy (non-hydrogen) atoms. The van der Waals surface area contributed by atoms with Crippen molar-refractivity contribution in [3.8, 4) is 12.3 Å². The number of hydrogen-bond acceptors (Lipinski definition) is 4. The minimum atomic E-state index is -0.692. The predicted molar refractivity (Wildman–Crippen MR) is 73.2 cm³/mol. The van der Waals surface area contributed by atoms with Crippen LogP contribution in [-0.2, 0) is 19.1 Å². The number of hydrogen-bond donors (Lipinski definition) is 0. The summed E-state index contributed by atoms with van der Waals surface area (Å²) in [6.45, 7) is 8.86. The second-order valence-corrected chi connectivity index (χ2v) is 4.48. The van der Waals surface area contributed by atoms with Crippen molar-refractivity contribution >= 4 is 11.9 Å². The SMILES string of the molecule is C#CC(CC)OC(=O)CCC(C)(CC)OC(=O)C=C. The van der Waals surface area contributed by atoms with Crippen molar-refractivity contribution in [3.05, 3.63) is 12.7 Å². The molecule has 0 amide bonds. The highest BCUT2D eigenvalue weighted by Gasteiger charge is 2.27. The van der Waals surface area contributed by atoms with Gasteiger partial charge >= 0.3 is 11.9 Å². The molecule has 0 saturated carbocycles. The van der Waals surface area contributed by atoms with Gasteiger partial charge < -0.3 is 9.47 Å². The van der Waals surface area contributed by atoms with Crippen LogP contribution in [0.2, 0.25) is 0 Å². The normalized spacial score (nSPS) is 14.6. The van der Waals surface area contributed by atoms with E-state index < -0.39 is 17.7 Å². The average Bonchev–Trinajstić information content (AvgIpc) is 2.42. The minimum absolute atomic E-state index is 0.160. The largest absolute Gasteiger partial charge is 0.456 e. The van der Waals surface area contributed by atoms with Gasteiger partial charge in [0, 0.05) is 12.5 Å². The minimum Gasteiger partial charge on any atom is -0.456 e. The van der Waals surface area contributed by atoms with Crippen LogP contribution in [0.25, 0.3) is 0 Å². The van der Waals surface area contributed by atoms with Gasteiger partial charge in [-0.3, -0.25) is 4.79 Å². The molecular formula is C15H22O4. The van der Waals surface area contributed by atoms with Gasteiger partial charge in [0.2, 0.25) is 0 Å².